The maximum atomic E-state index is 11.9. The Hall–Kier alpha value is -0.810. The summed E-state index contributed by atoms with van der Waals surface area (Å²) >= 11 is 3.25. The number of rotatable bonds is 5. The minimum absolute atomic E-state index is 0.00931. The Bertz CT molecular complexity index is 559. The molecule has 0 atom stereocenters. The maximum Gasteiger partial charge on any atom is 0.260 e. The monoisotopic (exact) mass is 268 g/mol. The molecule has 0 unspecified atom stereocenters. The van der Waals surface area contributed by atoms with Crippen LogP contribution in [0.2, 0.25) is 0 Å². The first-order chi connectivity index (χ1) is 8.24. The summed E-state index contributed by atoms with van der Waals surface area (Å²) in [4.78, 5) is 21.3. The fourth-order valence-corrected chi connectivity index (χ4v) is 3.49. The van der Waals surface area contributed by atoms with Crippen molar-refractivity contribution in [1.29, 1.82) is 0 Å². The van der Waals surface area contributed by atoms with Crippen LogP contribution in [0.1, 0.15) is 31.6 Å². The summed E-state index contributed by atoms with van der Waals surface area (Å²) in [5.74, 6) is 1.01. The van der Waals surface area contributed by atoms with Crippen LogP contribution in [0, 0.1) is 0 Å². The molecule has 0 fully saturated rings. The van der Waals surface area contributed by atoms with Crippen LogP contribution < -0.4 is 5.56 Å². The zero-order valence-electron chi connectivity index (χ0n) is 10.1. The van der Waals surface area contributed by atoms with Gasteiger partial charge >= 0.3 is 0 Å². The summed E-state index contributed by atoms with van der Waals surface area (Å²) in [5.41, 5.74) is -0.00931. The quantitative estimate of drug-likeness (QED) is 0.513. The van der Waals surface area contributed by atoms with Crippen molar-refractivity contribution in [1.82, 2.24) is 9.97 Å². The van der Waals surface area contributed by atoms with Crippen molar-refractivity contribution in [2.75, 3.05) is 5.75 Å². The van der Waals surface area contributed by atoms with Crippen LogP contribution in [0.15, 0.2) is 16.0 Å². The molecule has 0 spiro atoms. The first-order valence-corrected chi connectivity index (χ1v) is 7.70. The number of nitrogens with zero attached hydrogens (tertiary/aromatic N) is 1. The number of hydrogen-bond donors (Lipinski definition) is 1. The minimum Gasteiger partial charge on any atom is -0.301 e. The topological polar surface area (TPSA) is 45.8 Å². The smallest absolute Gasteiger partial charge is 0.260 e. The molecule has 92 valence electrons. The minimum atomic E-state index is -0.00931. The predicted octanol–water partition coefficient (Wildman–Crippen LogP) is 3.44. The van der Waals surface area contributed by atoms with Gasteiger partial charge in [-0.15, -0.1) is 11.3 Å². The van der Waals surface area contributed by atoms with Crippen LogP contribution in [0.3, 0.4) is 0 Å². The summed E-state index contributed by atoms with van der Waals surface area (Å²) in [6, 6.07) is 1.95. The Balaban J connectivity index is 2.30. The SMILES string of the molecule is CCCCSc1nc2sc(CC)cc2c(=O)[nH]1. The van der Waals surface area contributed by atoms with Crippen molar-refractivity contribution < 1.29 is 0 Å². The third-order valence-electron chi connectivity index (χ3n) is 2.52. The van der Waals surface area contributed by atoms with Gasteiger partial charge in [-0.3, -0.25) is 4.79 Å². The molecule has 0 saturated heterocycles. The van der Waals surface area contributed by atoms with E-state index in [1.54, 1.807) is 23.1 Å². The summed E-state index contributed by atoms with van der Waals surface area (Å²) in [6.45, 7) is 4.25. The molecular formula is C12H16N2OS2. The van der Waals surface area contributed by atoms with Gasteiger partial charge in [0.25, 0.3) is 5.56 Å². The molecule has 2 heterocycles. The molecule has 0 aliphatic carbocycles. The summed E-state index contributed by atoms with van der Waals surface area (Å²) in [6.07, 6.45) is 3.27. The molecule has 5 heteroatoms. The van der Waals surface area contributed by atoms with E-state index >= 15 is 0 Å². The number of hydrogen-bond acceptors (Lipinski definition) is 4. The predicted molar refractivity (Wildman–Crippen MR) is 75.3 cm³/mol. The Morgan fingerprint density at radius 3 is 3.00 bits per heavy atom. The second-order valence-corrected chi connectivity index (χ2v) is 6.06. The fourth-order valence-electron chi connectivity index (χ4n) is 1.52. The molecule has 0 aliphatic heterocycles. The molecule has 1 N–H and O–H groups in total. The lowest BCUT2D eigenvalue weighted by atomic mass is 10.3. The average molecular weight is 268 g/mol. The molecule has 2 aromatic heterocycles. The largest absolute Gasteiger partial charge is 0.301 e. The highest BCUT2D eigenvalue weighted by Gasteiger charge is 2.08. The van der Waals surface area contributed by atoms with Crippen molar-refractivity contribution in [3.8, 4) is 0 Å². The van der Waals surface area contributed by atoms with Gasteiger partial charge < -0.3 is 4.98 Å². The maximum absolute atomic E-state index is 11.9. The van der Waals surface area contributed by atoms with E-state index in [1.807, 2.05) is 6.07 Å². The first kappa shape index (κ1) is 12.6. The van der Waals surface area contributed by atoms with Gasteiger partial charge in [-0.05, 0) is 18.9 Å². The lowest BCUT2D eigenvalue weighted by molar-refractivity contribution is 0.889. The number of unbranched alkanes of at least 4 members (excludes halogenated alkanes) is 1. The second-order valence-electron chi connectivity index (χ2n) is 3.86. The molecule has 2 aromatic rings. The number of nitrogens with one attached hydrogen (secondary N) is 1. The fraction of sp³-hybridized carbons (Fsp3) is 0.500. The summed E-state index contributed by atoms with van der Waals surface area (Å²) in [5, 5.41) is 1.48. The van der Waals surface area contributed by atoms with Crippen LogP contribution in [0.25, 0.3) is 10.2 Å². The summed E-state index contributed by atoms with van der Waals surface area (Å²) in [7, 11) is 0. The number of thiophene rings is 1. The van der Waals surface area contributed by atoms with E-state index in [2.05, 4.69) is 23.8 Å². The Labute approximate surface area is 109 Å². The number of aryl methyl sites for hydroxylation is 1. The average Bonchev–Trinajstić information content (AvgIpc) is 2.73. The van der Waals surface area contributed by atoms with Crippen LogP contribution in [-0.2, 0) is 6.42 Å². The van der Waals surface area contributed by atoms with Gasteiger partial charge in [-0.1, -0.05) is 32.0 Å². The van der Waals surface area contributed by atoms with Gasteiger partial charge in [-0.2, -0.15) is 0 Å². The van der Waals surface area contributed by atoms with E-state index in [1.165, 1.54) is 11.3 Å². The first-order valence-electron chi connectivity index (χ1n) is 5.90. The van der Waals surface area contributed by atoms with Gasteiger partial charge in [0.2, 0.25) is 0 Å². The van der Waals surface area contributed by atoms with Gasteiger partial charge in [0.15, 0.2) is 5.16 Å². The van der Waals surface area contributed by atoms with Gasteiger partial charge in [-0.25, -0.2) is 4.98 Å². The van der Waals surface area contributed by atoms with Crippen LogP contribution in [-0.4, -0.2) is 15.7 Å². The number of H-pyrrole nitrogens is 1. The molecule has 0 saturated carbocycles. The zero-order valence-corrected chi connectivity index (χ0v) is 11.7. The van der Waals surface area contributed by atoms with E-state index in [9.17, 15) is 4.79 Å². The molecule has 0 bridgehead atoms. The lowest BCUT2D eigenvalue weighted by Crippen LogP contribution is -2.07. The Morgan fingerprint density at radius 2 is 2.29 bits per heavy atom. The molecule has 0 aromatic carbocycles. The van der Waals surface area contributed by atoms with Crippen LogP contribution in [0.4, 0.5) is 0 Å². The van der Waals surface area contributed by atoms with E-state index in [4.69, 9.17) is 0 Å². The second kappa shape index (κ2) is 5.69. The van der Waals surface area contributed by atoms with Crippen molar-refractivity contribution in [2.24, 2.45) is 0 Å². The van der Waals surface area contributed by atoms with E-state index in [0.717, 1.165) is 34.0 Å². The molecular weight excluding hydrogens is 252 g/mol. The van der Waals surface area contributed by atoms with Gasteiger partial charge in [0.05, 0.1) is 5.39 Å². The molecule has 3 nitrogen and oxygen atoms in total. The lowest BCUT2D eigenvalue weighted by Gasteiger charge is -1.99. The number of aromatic nitrogens is 2. The van der Waals surface area contributed by atoms with Crippen LogP contribution in [0.5, 0.6) is 0 Å². The van der Waals surface area contributed by atoms with E-state index < -0.39 is 0 Å². The van der Waals surface area contributed by atoms with Crippen molar-refractivity contribution in [2.45, 2.75) is 38.3 Å². The number of fused-ring (bicyclic) bond motifs is 1. The molecule has 0 aliphatic rings. The molecule has 17 heavy (non-hydrogen) atoms. The van der Waals surface area contributed by atoms with E-state index in [-0.39, 0.29) is 5.56 Å². The van der Waals surface area contributed by atoms with Crippen molar-refractivity contribution in [3.05, 3.63) is 21.3 Å². The third kappa shape index (κ3) is 2.90. The van der Waals surface area contributed by atoms with Crippen molar-refractivity contribution >= 4 is 33.3 Å². The molecule has 0 radical (unpaired) electrons. The van der Waals surface area contributed by atoms with Gasteiger partial charge in [0.1, 0.15) is 4.83 Å². The number of thioether (sulfide) groups is 1. The molecule has 0 amide bonds. The van der Waals surface area contributed by atoms with Crippen molar-refractivity contribution in [3.63, 3.8) is 0 Å². The number of aromatic amines is 1. The van der Waals surface area contributed by atoms with E-state index in [0.29, 0.717) is 0 Å². The Morgan fingerprint density at radius 1 is 1.47 bits per heavy atom. The highest BCUT2D eigenvalue weighted by Crippen LogP contribution is 2.23. The highest BCUT2D eigenvalue weighted by atomic mass is 32.2. The normalized spacial score (nSPS) is 11.2. The van der Waals surface area contributed by atoms with Crippen LogP contribution >= 0.6 is 23.1 Å². The third-order valence-corrected chi connectivity index (χ3v) is 4.65. The zero-order chi connectivity index (χ0) is 12.3. The Kier molecular flexibility index (Phi) is 4.23. The van der Waals surface area contributed by atoms with Gasteiger partial charge in [0, 0.05) is 10.6 Å². The summed E-state index contributed by atoms with van der Waals surface area (Å²) < 4.78 is 0. The highest BCUT2D eigenvalue weighted by molar-refractivity contribution is 7.99. The standard InChI is InChI=1S/C12H16N2OS2/c1-3-5-6-16-12-13-10(15)9-7-8(4-2)17-11(9)14-12/h7H,3-6H2,1-2H3,(H,13,14,15). The molecule has 2 rings (SSSR count).